The Morgan fingerprint density at radius 1 is 0.900 bits per heavy atom. The van der Waals surface area contributed by atoms with E-state index in [0.29, 0.717) is 25.9 Å². The molecule has 2 aliphatic rings. The zero-order valence-electron chi connectivity index (χ0n) is 22.2. The highest BCUT2D eigenvalue weighted by atomic mass is 16.5. The number of hydrogen-bond acceptors (Lipinski definition) is 5. The highest BCUT2D eigenvalue weighted by molar-refractivity contribution is 5.90. The largest absolute Gasteiger partial charge is 0.478 e. The average molecular weight is 540 g/mol. The third kappa shape index (κ3) is 6.07. The third-order valence-electron chi connectivity index (χ3n) is 7.72. The number of nitrogens with zero attached hydrogens (tertiary/aromatic N) is 1. The monoisotopic (exact) mass is 539 g/mol. The molecule has 206 valence electrons. The lowest BCUT2D eigenvalue weighted by molar-refractivity contribution is -0.131. The summed E-state index contributed by atoms with van der Waals surface area (Å²) in [5.41, 5.74) is 4.54. The number of piperidine rings is 1. The summed E-state index contributed by atoms with van der Waals surface area (Å²) in [5.74, 6) is -1.53. The lowest BCUT2D eigenvalue weighted by Crippen LogP contribution is -2.63. The number of benzene rings is 3. The maximum Gasteiger partial charge on any atom is 0.408 e. The highest BCUT2D eigenvalue weighted by Gasteiger charge is 2.43. The van der Waals surface area contributed by atoms with Gasteiger partial charge in [-0.15, -0.1) is 0 Å². The van der Waals surface area contributed by atoms with E-state index < -0.39 is 17.6 Å². The summed E-state index contributed by atoms with van der Waals surface area (Å²) in [6, 6.07) is 26.4. The molecule has 3 aromatic carbocycles. The van der Waals surface area contributed by atoms with Crippen molar-refractivity contribution in [3.63, 3.8) is 0 Å². The second-order valence-electron chi connectivity index (χ2n) is 10.2. The summed E-state index contributed by atoms with van der Waals surface area (Å²) in [4.78, 5) is 39.6. The van der Waals surface area contributed by atoms with E-state index in [1.54, 1.807) is 0 Å². The van der Waals surface area contributed by atoms with Gasteiger partial charge in [-0.05, 0) is 40.7 Å². The van der Waals surface area contributed by atoms with E-state index >= 15 is 0 Å². The first kappa shape index (κ1) is 27.1. The first-order valence-corrected chi connectivity index (χ1v) is 13.5. The van der Waals surface area contributed by atoms with Crippen molar-refractivity contribution in [3.8, 4) is 11.1 Å². The van der Waals surface area contributed by atoms with Gasteiger partial charge in [0.05, 0.1) is 0 Å². The van der Waals surface area contributed by atoms with Gasteiger partial charge in [-0.1, -0.05) is 84.9 Å². The van der Waals surface area contributed by atoms with Crippen molar-refractivity contribution in [1.29, 1.82) is 0 Å². The number of nitrogens with one attached hydrogen (secondary N) is 2. The Hall–Kier alpha value is -4.43. The van der Waals surface area contributed by atoms with Crippen LogP contribution in [-0.4, -0.2) is 59.8 Å². The van der Waals surface area contributed by atoms with E-state index in [4.69, 9.17) is 9.84 Å². The summed E-state index contributed by atoms with van der Waals surface area (Å²) in [5, 5.41) is 14.5. The molecule has 3 N–H and O–H groups in total. The fraction of sp³-hybridized carbons (Fsp3) is 0.281. The molecule has 0 unspecified atom stereocenters. The number of carboxylic acids is 1. The van der Waals surface area contributed by atoms with Gasteiger partial charge in [0.25, 0.3) is 0 Å². The van der Waals surface area contributed by atoms with Crippen LogP contribution in [0, 0.1) is 0 Å². The number of carbonyl (C=O) groups is 3. The molecule has 2 amide bonds. The molecular weight excluding hydrogens is 506 g/mol. The minimum absolute atomic E-state index is 0.0486. The zero-order chi connectivity index (χ0) is 28.0. The lowest BCUT2D eigenvalue weighted by Gasteiger charge is -2.40. The molecule has 8 heteroatoms. The van der Waals surface area contributed by atoms with Crippen molar-refractivity contribution in [3.05, 3.63) is 108 Å². The van der Waals surface area contributed by atoms with Crippen LogP contribution in [-0.2, 0) is 20.9 Å². The van der Waals surface area contributed by atoms with E-state index in [9.17, 15) is 14.4 Å². The van der Waals surface area contributed by atoms with Gasteiger partial charge in [0.2, 0.25) is 5.91 Å². The normalized spacial score (nSPS) is 16.2. The fourth-order valence-electron chi connectivity index (χ4n) is 5.65. The number of alkyl carbamates (subject to hydrolysis) is 1. The van der Waals surface area contributed by atoms with Crippen LogP contribution in [0.15, 0.2) is 91.0 Å². The number of carboxylic acid groups (broad SMARTS) is 1. The van der Waals surface area contributed by atoms with Crippen LogP contribution in [0.4, 0.5) is 4.79 Å². The maximum atomic E-state index is 13.4. The molecule has 1 aliphatic carbocycles. The van der Waals surface area contributed by atoms with Gasteiger partial charge in [0.1, 0.15) is 12.1 Å². The van der Waals surface area contributed by atoms with Crippen molar-refractivity contribution < 1.29 is 24.2 Å². The van der Waals surface area contributed by atoms with E-state index in [-0.39, 0.29) is 25.0 Å². The molecule has 0 saturated carbocycles. The first-order valence-electron chi connectivity index (χ1n) is 13.5. The standard InChI is InChI=1S/C32H33N3O5/c36-29(37)15-8-18-33-30(38)32(16-19-35(20-17-32)21-23-9-2-1-3-10-23)34-31(39)40-22-28-26-13-6-4-11-24(26)25-12-5-7-14-27(25)28/h1-15,28H,16-22H2,(H,33,38)(H,34,39)(H,36,37)/b15-8+. The van der Waals surface area contributed by atoms with Crippen LogP contribution >= 0.6 is 0 Å². The van der Waals surface area contributed by atoms with Crippen molar-refractivity contribution in [1.82, 2.24) is 15.5 Å². The van der Waals surface area contributed by atoms with Gasteiger partial charge < -0.3 is 20.5 Å². The minimum Gasteiger partial charge on any atom is -0.478 e. The molecule has 0 radical (unpaired) electrons. The lowest BCUT2D eigenvalue weighted by atomic mass is 9.86. The number of rotatable bonds is 9. The maximum absolute atomic E-state index is 13.4. The smallest absolute Gasteiger partial charge is 0.408 e. The quantitative estimate of drug-likeness (QED) is 0.350. The molecule has 1 aliphatic heterocycles. The summed E-state index contributed by atoms with van der Waals surface area (Å²) >= 11 is 0. The summed E-state index contributed by atoms with van der Waals surface area (Å²) in [6.07, 6.45) is 2.51. The van der Waals surface area contributed by atoms with E-state index in [2.05, 4.69) is 51.9 Å². The van der Waals surface area contributed by atoms with Crippen molar-refractivity contribution >= 4 is 18.0 Å². The minimum atomic E-state index is -1.16. The second-order valence-corrected chi connectivity index (χ2v) is 10.2. The first-order chi connectivity index (χ1) is 19.4. The third-order valence-corrected chi connectivity index (χ3v) is 7.72. The van der Waals surface area contributed by atoms with Gasteiger partial charge in [-0.2, -0.15) is 0 Å². The molecule has 1 fully saturated rings. The van der Waals surface area contributed by atoms with Crippen molar-refractivity contribution in [2.45, 2.75) is 30.8 Å². The molecule has 0 spiro atoms. The van der Waals surface area contributed by atoms with Crippen LogP contribution in [0.5, 0.6) is 0 Å². The summed E-state index contributed by atoms with van der Waals surface area (Å²) in [7, 11) is 0. The summed E-state index contributed by atoms with van der Waals surface area (Å²) < 4.78 is 5.76. The Labute approximate surface area is 233 Å². The number of fused-ring (bicyclic) bond motifs is 3. The number of likely N-dealkylation sites (tertiary alicyclic amines) is 1. The number of hydrogen-bond donors (Lipinski definition) is 3. The average Bonchev–Trinajstić information content (AvgIpc) is 3.29. The van der Waals surface area contributed by atoms with Gasteiger partial charge in [0, 0.05) is 38.2 Å². The molecule has 1 heterocycles. The predicted octanol–water partition coefficient (Wildman–Crippen LogP) is 4.32. The Morgan fingerprint density at radius 2 is 1.50 bits per heavy atom. The van der Waals surface area contributed by atoms with Crippen LogP contribution in [0.2, 0.25) is 0 Å². The predicted molar refractivity (Wildman–Crippen MR) is 152 cm³/mol. The van der Waals surface area contributed by atoms with Gasteiger partial charge in [-0.25, -0.2) is 9.59 Å². The summed E-state index contributed by atoms with van der Waals surface area (Å²) in [6.45, 7) is 2.17. The Morgan fingerprint density at radius 3 is 2.12 bits per heavy atom. The van der Waals surface area contributed by atoms with Crippen LogP contribution < -0.4 is 10.6 Å². The number of ether oxygens (including phenoxy) is 1. The van der Waals surface area contributed by atoms with E-state index in [0.717, 1.165) is 34.9 Å². The Kier molecular flexibility index (Phi) is 8.26. The highest BCUT2D eigenvalue weighted by Crippen LogP contribution is 2.44. The van der Waals surface area contributed by atoms with Crippen LogP contribution in [0.3, 0.4) is 0 Å². The number of carbonyl (C=O) groups excluding carboxylic acids is 2. The molecule has 40 heavy (non-hydrogen) atoms. The van der Waals surface area contributed by atoms with Gasteiger partial charge in [0.15, 0.2) is 0 Å². The van der Waals surface area contributed by atoms with Crippen LogP contribution in [0.1, 0.15) is 35.4 Å². The Bertz CT molecular complexity index is 1350. The van der Waals surface area contributed by atoms with Crippen LogP contribution in [0.25, 0.3) is 11.1 Å². The molecule has 5 rings (SSSR count). The van der Waals surface area contributed by atoms with Gasteiger partial charge in [-0.3, -0.25) is 9.69 Å². The molecule has 0 atom stereocenters. The number of amides is 2. The van der Waals surface area contributed by atoms with E-state index in [1.165, 1.54) is 11.6 Å². The molecule has 0 bridgehead atoms. The molecule has 8 nitrogen and oxygen atoms in total. The Balaban J connectivity index is 1.26. The molecular formula is C32H33N3O5. The molecule has 1 saturated heterocycles. The number of aliphatic carboxylic acids is 1. The van der Waals surface area contributed by atoms with Crippen molar-refractivity contribution in [2.24, 2.45) is 0 Å². The zero-order valence-corrected chi connectivity index (χ0v) is 22.2. The molecule has 0 aromatic heterocycles. The SMILES string of the molecule is O=C(O)/C=C/CNC(=O)C1(NC(=O)OCC2c3ccccc3-c3ccccc32)CCN(Cc2ccccc2)CC1. The van der Waals surface area contributed by atoms with Gasteiger partial charge >= 0.3 is 12.1 Å². The second kappa shape index (κ2) is 12.2. The van der Waals surface area contributed by atoms with E-state index in [1.807, 2.05) is 42.5 Å². The topological polar surface area (TPSA) is 108 Å². The van der Waals surface area contributed by atoms with Crippen molar-refractivity contribution in [2.75, 3.05) is 26.2 Å². The molecule has 3 aromatic rings. The fourth-order valence-corrected chi connectivity index (χ4v) is 5.65.